The number of carboxylic acid groups (broad SMARTS) is 8. The Labute approximate surface area is 763 Å². The summed E-state index contributed by atoms with van der Waals surface area (Å²) in [4.78, 5) is 93.3. The Balaban J connectivity index is 1.12. The fourth-order valence-electron chi connectivity index (χ4n) is 14.6. The Morgan fingerprint density at radius 1 is 0.164 bits per heavy atom. The molecule has 30 heterocycles. The quantitative estimate of drug-likeness (QED) is 0.0253. The summed E-state index contributed by atoms with van der Waals surface area (Å²) in [5.41, 5.74) is 0. The molecule has 736 valence electrons. The first-order valence-corrected chi connectivity index (χ1v) is 49.6. The topological polar surface area (TPSA) is 792 Å². The van der Waals surface area contributed by atoms with E-state index in [1.807, 2.05) is 0 Å². The minimum atomic E-state index is -2.36. The van der Waals surface area contributed by atoms with Gasteiger partial charge in [0.1, 0.15) is 146 Å². The first-order valence-electron chi connectivity index (χ1n) is 40.3. The lowest BCUT2D eigenvalue weighted by Gasteiger charge is -2.51. The number of rotatable bonds is 40. The van der Waals surface area contributed by atoms with Crippen LogP contribution in [0.3, 0.4) is 0 Å². The van der Waals surface area contributed by atoms with Gasteiger partial charge in [-0.25, -0.2) is 0 Å². The molecule has 30 aliphatic heterocycles. The zero-order valence-corrected chi connectivity index (χ0v) is 74.1. The van der Waals surface area contributed by atoms with Crippen molar-refractivity contribution in [3.05, 3.63) is 0 Å². The number of thioether (sulfide) groups is 8. The first-order chi connectivity index (χ1) is 60.7. The molecule has 30 rings (SSSR count). The van der Waals surface area contributed by atoms with E-state index in [4.69, 9.17) is 75.8 Å². The van der Waals surface area contributed by atoms with Crippen LogP contribution in [0.15, 0.2) is 0 Å². The van der Waals surface area contributed by atoms with Crippen molar-refractivity contribution in [1.82, 2.24) is 0 Å². The zero-order chi connectivity index (χ0) is 93.7. The minimum Gasteiger partial charge on any atom is -0.550 e. The average Bonchev–Trinajstić information content (AvgIpc) is 0.766. The van der Waals surface area contributed by atoms with E-state index in [-0.39, 0.29) is 46.0 Å². The van der Waals surface area contributed by atoms with Crippen molar-refractivity contribution in [1.29, 1.82) is 0 Å². The van der Waals surface area contributed by atoms with Crippen LogP contribution >= 0.6 is 94.1 Å². The smallest absolute Gasteiger partial charge is 0.187 e. The summed E-state index contributed by atoms with van der Waals surface area (Å²) in [6.45, 7) is 0. The van der Waals surface area contributed by atoms with Gasteiger partial charge in [0.15, 0.2) is 50.3 Å². The van der Waals surface area contributed by atoms with E-state index in [0.717, 1.165) is 94.1 Å². The maximum absolute atomic E-state index is 12.2. The van der Waals surface area contributed by atoms with Gasteiger partial charge in [0.2, 0.25) is 0 Å². The third-order valence-corrected chi connectivity index (χ3v) is 29.8. The summed E-state index contributed by atoms with van der Waals surface area (Å²) in [7, 11) is 0. The molecule has 40 atom stereocenters. The van der Waals surface area contributed by atoms with Gasteiger partial charge in [0.25, 0.3) is 0 Å². The fourth-order valence-corrected chi connectivity index (χ4v) is 22.5. The molecule has 128 heavy (non-hydrogen) atoms. The van der Waals surface area contributed by atoms with E-state index in [1.165, 1.54) is 0 Å². The largest absolute Gasteiger partial charge is 0.550 e. The number of carbonyl (C=O) groups is 8. The third-order valence-electron chi connectivity index (χ3n) is 21.3. The standard InChI is InChI=1S/C72H112O48S8/c73-33(74)1-9-121-17-25-57-41(89)49(97)65(105-25)114-58-26(18-122-10-2-34(75)76)107-67(51(99)43(58)91)116-60-28(20-124-12-4-36(79)80)109-69(53(101)45(60)93)118-62-30(22-126-14-6-38(83)84)111-71(55(103)47(62)95)120-64-32(24-128-16-8-40(87)88)112-72(56(104)48(64)96)119-63-31(23-127-15-7-39(85)86)110-70(54(102)46(63)94)117-61-29(21-125-13-5-37(81)82)108-68(52(100)44(61)92)115-59-27(19-123-11-3-35(77)78)106-66(113-57)50(98)42(59)90/h25-32,41-72,89-104H,1-24H2,(H,73,74)(H,75,76)(H,77,78)(H,79,80)(H,81,82)(H,83,84)(H,85,86)(H,87,88)/p-8/t25-,26-,27-,28-,29-,30-,31-,32-,41-,42-,43-,44-,45-,46-,47-,48-,49-,50-,51-,52-,53-,54-,55-,56-,57-,58-,59-,60-,61-,62-,63-,64-,65?,66?,67?,68?,69?,70?,71?,72?/m0/s1. The van der Waals surface area contributed by atoms with Crippen molar-refractivity contribution in [2.45, 2.75) is 297 Å². The van der Waals surface area contributed by atoms with Gasteiger partial charge < -0.3 is 237 Å². The van der Waals surface area contributed by atoms with Gasteiger partial charge in [-0.15, -0.1) is 0 Å². The second kappa shape index (κ2) is 52.7. The SMILES string of the molecule is O=C([O-])CCSC[C@@H]1OC2O[C@@H]3[C@@H](O)[C@H](O)C(O[C@@H]4[C@@H](O)[C@H](O)C(O[C@@H]5[C@@H](O)[C@H](O)C(O[C@@H]6[C@@H](O)[C@H](O)C(O[C@@H]7[C@@H](O)[C@H](O)C(O[C@@H]8[C@@H](O)[C@H](O)C(O[C@@H]9[C@@H](O)[C@H](O)C(O[C@@H]1[C@@H](O)[C@@H]2O)O[C@H]9CSCCC(=O)[O-])O[C@H]8CSCCC(=O)[O-])O[C@H]7CSCCC(=O)[O-])O[C@H]6CSCCC(=O)[O-])O[C@H]5CSCCC(=O)[O-])O[C@H]4CSCCC(=O)[O-])O[C@H]3CSCCC(=O)[O-]. The molecule has 48 nitrogen and oxygen atoms in total. The van der Waals surface area contributed by atoms with Crippen LogP contribution in [0.2, 0.25) is 0 Å². The van der Waals surface area contributed by atoms with Gasteiger partial charge in [-0.1, -0.05) is 0 Å². The lowest BCUT2D eigenvalue weighted by Crippen LogP contribution is -2.69. The second-order valence-electron chi connectivity index (χ2n) is 30.6. The van der Waals surface area contributed by atoms with Crippen molar-refractivity contribution in [3.63, 3.8) is 0 Å². The van der Waals surface area contributed by atoms with Gasteiger partial charge in [-0.2, -0.15) is 94.1 Å². The molecule has 0 aliphatic carbocycles. The van der Waals surface area contributed by atoms with Crippen molar-refractivity contribution >= 4 is 142 Å². The summed E-state index contributed by atoms with van der Waals surface area (Å²) in [5.74, 6) is -17.6. The highest BCUT2D eigenvalue weighted by Gasteiger charge is 2.61. The van der Waals surface area contributed by atoms with Crippen LogP contribution in [0.5, 0.6) is 0 Å². The Morgan fingerprint density at radius 3 is 0.344 bits per heavy atom. The maximum atomic E-state index is 12.2. The number of hydrogen-bond donors (Lipinski definition) is 16. The van der Waals surface area contributed by atoms with Gasteiger partial charge in [-0.3, -0.25) is 0 Å². The number of aliphatic hydroxyl groups is 16. The highest BCUT2D eigenvalue weighted by atomic mass is 32.2. The third kappa shape index (κ3) is 30.6. The molecular formula is C72H104O48S8-8. The van der Waals surface area contributed by atoms with E-state index in [2.05, 4.69) is 0 Å². The molecule has 56 heteroatoms. The number of ether oxygens (including phenoxy) is 16. The molecule has 0 radical (unpaired) electrons. The second-order valence-corrected chi connectivity index (χ2v) is 39.8. The van der Waals surface area contributed by atoms with Crippen molar-refractivity contribution in [2.75, 3.05) is 92.0 Å². The Hall–Kier alpha value is -2.72. The van der Waals surface area contributed by atoms with Gasteiger partial charge in [0.05, 0.1) is 48.8 Å². The van der Waals surface area contributed by atoms with Gasteiger partial charge >= 0.3 is 0 Å². The summed E-state index contributed by atoms with van der Waals surface area (Å²) in [6.07, 6.45) is -88.6. The van der Waals surface area contributed by atoms with E-state index in [9.17, 15) is 161 Å². The van der Waals surface area contributed by atoms with Gasteiger partial charge in [0, 0.05) is 93.8 Å². The molecule has 0 aromatic rings. The highest BCUT2D eigenvalue weighted by molar-refractivity contribution is 8.00. The molecule has 30 aliphatic rings. The predicted octanol–water partition coefficient (Wildman–Crippen LogP) is -18.4. The molecule has 30 fully saturated rings. The number of carbonyl (C=O) groups excluding carboxylic acids is 8. The summed E-state index contributed by atoms with van der Waals surface area (Å²) in [6, 6.07) is 0. The van der Waals surface area contributed by atoms with E-state index in [1.54, 1.807) is 0 Å². The van der Waals surface area contributed by atoms with E-state index >= 15 is 0 Å². The highest BCUT2D eigenvalue weighted by Crippen LogP contribution is 2.43. The molecule has 0 saturated carbocycles. The lowest BCUT2D eigenvalue weighted by molar-refractivity contribution is -0.396. The maximum Gasteiger partial charge on any atom is 0.187 e. The number of carboxylic acids is 8. The molecule has 16 N–H and O–H groups in total. The van der Waals surface area contributed by atoms with Crippen molar-refractivity contribution < 1.29 is 237 Å². The van der Waals surface area contributed by atoms with E-state index in [0.29, 0.717) is 0 Å². The summed E-state index contributed by atoms with van der Waals surface area (Å²) < 4.78 is 99.6. The van der Waals surface area contributed by atoms with E-state index < -0.39 is 391 Å². The van der Waals surface area contributed by atoms with Crippen LogP contribution in [0.4, 0.5) is 0 Å². The van der Waals surface area contributed by atoms with Crippen molar-refractivity contribution in [2.24, 2.45) is 0 Å². The van der Waals surface area contributed by atoms with Crippen LogP contribution in [0.25, 0.3) is 0 Å². The number of hydrogen-bond acceptors (Lipinski definition) is 56. The normalized spacial score (nSPS) is 41.5. The Bertz CT molecular complexity index is 2830. The number of aliphatic carboxylic acids is 8. The van der Waals surface area contributed by atoms with Crippen molar-refractivity contribution in [3.8, 4) is 0 Å². The molecule has 0 aromatic carbocycles. The minimum absolute atomic E-state index is 0.240. The Kier molecular flexibility index (Phi) is 44.9. The monoisotopic (exact) mass is 1990 g/mol. The van der Waals surface area contributed by atoms with Crippen LogP contribution in [0, 0.1) is 0 Å². The van der Waals surface area contributed by atoms with Crippen LogP contribution < -0.4 is 40.9 Å². The lowest BCUT2D eigenvalue weighted by atomic mass is 9.95. The van der Waals surface area contributed by atoms with Gasteiger partial charge in [-0.05, 0) is 97.4 Å². The van der Waals surface area contributed by atoms with Crippen LogP contribution in [-0.4, -0.2) is 467 Å². The first kappa shape index (κ1) is 109. The molecule has 0 amide bonds. The molecule has 0 spiro atoms. The fraction of sp³-hybridized carbons (Fsp3) is 0.889. The average molecular weight is 1990 g/mol. The summed E-state index contributed by atoms with van der Waals surface area (Å²) >= 11 is 6.55. The Morgan fingerprint density at radius 2 is 0.258 bits per heavy atom. The number of aliphatic hydroxyl groups excluding tert-OH is 16. The predicted molar refractivity (Wildman–Crippen MR) is 420 cm³/mol. The molecule has 16 bridgehead atoms. The zero-order valence-electron chi connectivity index (χ0n) is 67.5. The molecule has 0 aromatic heterocycles. The van der Waals surface area contributed by atoms with Crippen LogP contribution in [0.1, 0.15) is 51.4 Å². The molecule has 8 unspecified atom stereocenters. The molecular weight excluding hydrogens is 1890 g/mol. The summed E-state index contributed by atoms with van der Waals surface area (Å²) in [5, 5.41) is 288. The molecule has 30 saturated heterocycles. The van der Waals surface area contributed by atoms with Crippen LogP contribution in [-0.2, 0) is 114 Å².